The maximum atomic E-state index is 11.2. The van der Waals surface area contributed by atoms with Gasteiger partial charge in [0.15, 0.2) is 17.3 Å². The van der Waals surface area contributed by atoms with Crippen LogP contribution in [0.25, 0.3) is 17.3 Å². The molecule has 0 aliphatic rings. The van der Waals surface area contributed by atoms with Crippen molar-refractivity contribution < 1.29 is 29.7 Å². The molecule has 0 aliphatic carbocycles. The molecule has 0 radical (unpaired) electrons. The molecule has 3 aromatic rings. The summed E-state index contributed by atoms with van der Waals surface area (Å²) in [6.45, 7) is 4.09. The Morgan fingerprint density at radius 3 is 0.811 bits per heavy atom. The fourth-order valence-corrected chi connectivity index (χ4v) is 2.61. The molecule has 0 aromatic heterocycles. The summed E-state index contributed by atoms with van der Waals surface area (Å²) in [4.78, 5) is 31.7. The first-order valence-electron chi connectivity index (χ1n) is 10.9. The van der Waals surface area contributed by atoms with Crippen molar-refractivity contribution >= 4 is 54.4 Å². The molecule has 0 atom stereocenters. The van der Waals surface area contributed by atoms with Crippen LogP contribution in [0.2, 0.25) is 0 Å². The summed E-state index contributed by atoms with van der Waals surface area (Å²) in [6.07, 6.45) is 3.28. The summed E-state index contributed by atoms with van der Waals surface area (Å²) >= 11 is 0. The maximum absolute atomic E-state index is 11.2. The van der Waals surface area contributed by atoms with Crippen molar-refractivity contribution in [2.75, 3.05) is 0 Å². The molecule has 186 valence electrons. The van der Waals surface area contributed by atoms with Crippen LogP contribution in [0.15, 0.2) is 109 Å². The molecular weight excluding hydrogens is 526 g/mol. The predicted octanol–water partition coefficient (Wildman–Crippen LogP) is 2.55. The number of hydrogen-bond acceptors (Lipinski definition) is 6. The predicted molar refractivity (Wildman–Crippen MR) is 141 cm³/mol. The van der Waals surface area contributed by atoms with Crippen molar-refractivity contribution in [2.24, 2.45) is 0 Å². The van der Waals surface area contributed by atoms with E-state index in [9.17, 15) is 29.7 Å². The molecule has 0 spiro atoms. The minimum atomic E-state index is -0.233. The molecule has 0 bridgehead atoms. The Kier molecular flexibility index (Phi) is 16.2. The first-order chi connectivity index (χ1) is 17.1. The van der Waals surface area contributed by atoms with Crippen molar-refractivity contribution in [1.29, 1.82) is 0 Å². The van der Waals surface area contributed by atoms with Gasteiger partial charge in [0.25, 0.3) is 0 Å². The van der Waals surface area contributed by atoms with E-state index in [1.807, 2.05) is 18.2 Å². The van der Waals surface area contributed by atoms with Crippen molar-refractivity contribution in [3.63, 3.8) is 0 Å². The zero-order valence-corrected chi connectivity index (χ0v) is 23.3. The third-order valence-corrected chi connectivity index (χ3v) is 4.18. The summed E-state index contributed by atoms with van der Waals surface area (Å²) in [5, 5.41) is 33.5. The summed E-state index contributed by atoms with van der Waals surface area (Å²) in [5.41, 5.74) is 1.65. The van der Waals surface area contributed by atoms with E-state index in [0.717, 1.165) is 18.2 Å². The second kappa shape index (κ2) is 18.2. The largest absolute Gasteiger partial charge is 3.00 e. The van der Waals surface area contributed by atoms with Gasteiger partial charge < -0.3 is 15.3 Å². The van der Waals surface area contributed by atoms with Gasteiger partial charge >= 0.3 is 19.8 Å². The SMILES string of the molecule is CC(=O)C=C([O-])c1ccccc1.CC(=O)C=C([O-])c1ccccc1.CC(=O)C=C([O-])c1ccccc1.[Ga+3]. The van der Waals surface area contributed by atoms with Gasteiger partial charge in [-0.15, -0.1) is 0 Å². The van der Waals surface area contributed by atoms with E-state index in [-0.39, 0.29) is 54.4 Å². The molecular formula is C30H27GaO6. The minimum Gasteiger partial charge on any atom is -0.872 e. The number of hydrogen-bond donors (Lipinski definition) is 0. The van der Waals surface area contributed by atoms with Crippen LogP contribution in [0.3, 0.4) is 0 Å². The summed E-state index contributed by atoms with van der Waals surface area (Å²) < 4.78 is 0. The van der Waals surface area contributed by atoms with Gasteiger partial charge in [0.2, 0.25) is 0 Å². The van der Waals surface area contributed by atoms with Crippen molar-refractivity contribution in [1.82, 2.24) is 0 Å². The zero-order valence-electron chi connectivity index (χ0n) is 20.9. The van der Waals surface area contributed by atoms with Gasteiger partial charge in [-0.3, -0.25) is 14.4 Å². The van der Waals surface area contributed by atoms with Crippen molar-refractivity contribution in [3.05, 3.63) is 126 Å². The normalized spacial score (nSPS) is 10.9. The molecule has 37 heavy (non-hydrogen) atoms. The van der Waals surface area contributed by atoms with Gasteiger partial charge in [0.1, 0.15) is 0 Å². The van der Waals surface area contributed by atoms with Gasteiger partial charge in [-0.05, 0) is 55.7 Å². The average molecular weight is 553 g/mol. The third-order valence-electron chi connectivity index (χ3n) is 4.18. The first-order valence-corrected chi connectivity index (χ1v) is 10.9. The molecule has 0 heterocycles. The summed E-state index contributed by atoms with van der Waals surface area (Å²) in [5.74, 6) is -1.36. The fourth-order valence-electron chi connectivity index (χ4n) is 2.61. The van der Waals surface area contributed by atoms with Crippen LogP contribution in [0.4, 0.5) is 0 Å². The van der Waals surface area contributed by atoms with Crippen LogP contribution in [0.5, 0.6) is 0 Å². The first kappa shape index (κ1) is 32.9. The third kappa shape index (κ3) is 14.8. The van der Waals surface area contributed by atoms with Gasteiger partial charge in [0.05, 0.1) is 0 Å². The van der Waals surface area contributed by atoms with E-state index in [2.05, 4.69) is 0 Å². The minimum absolute atomic E-state index is 0. The van der Waals surface area contributed by atoms with Crippen LogP contribution >= 0.6 is 0 Å². The monoisotopic (exact) mass is 552 g/mol. The topological polar surface area (TPSA) is 120 Å². The molecule has 3 aromatic carbocycles. The number of allylic oxidation sites excluding steroid dienone is 3. The molecule has 0 saturated carbocycles. The molecule has 0 saturated heterocycles. The van der Waals surface area contributed by atoms with Crippen LogP contribution < -0.4 is 15.3 Å². The van der Waals surface area contributed by atoms with Crippen molar-refractivity contribution in [2.45, 2.75) is 20.8 Å². The molecule has 6 nitrogen and oxygen atoms in total. The summed E-state index contributed by atoms with van der Waals surface area (Å²) in [7, 11) is 0. The van der Waals surface area contributed by atoms with E-state index in [1.54, 1.807) is 72.8 Å². The van der Waals surface area contributed by atoms with Crippen molar-refractivity contribution in [3.8, 4) is 0 Å². The number of benzene rings is 3. The summed E-state index contributed by atoms with van der Waals surface area (Å²) in [6, 6.07) is 26.2. The number of ketones is 3. The fraction of sp³-hybridized carbons (Fsp3) is 0.100. The molecule has 3 rings (SSSR count). The Bertz CT molecular complexity index is 1060. The maximum Gasteiger partial charge on any atom is 3.00 e. The molecule has 0 aliphatic heterocycles. The number of carbonyl (C=O) groups is 3. The van der Waals surface area contributed by atoms with Gasteiger partial charge in [-0.1, -0.05) is 108 Å². The van der Waals surface area contributed by atoms with Crippen LogP contribution in [0, 0.1) is 0 Å². The Morgan fingerprint density at radius 2 is 0.649 bits per heavy atom. The molecule has 0 fully saturated rings. The Morgan fingerprint density at radius 1 is 0.459 bits per heavy atom. The smallest absolute Gasteiger partial charge is 0.872 e. The standard InChI is InChI=1S/3C10H10O2.Ga/c3*1-8(11)7-10(12)9-5-3-2-4-6-9;/h3*2-7,12H,1H3;/q;;;+3/p-3. The molecule has 0 amide bonds. The Balaban J connectivity index is 0.000000518. The van der Waals surface area contributed by atoms with Crippen LogP contribution in [-0.2, 0) is 14.4 Å². The van der Waals surface area contributed by atoms with Crippen LogP contribution in [0.1, 0.15) is 37.5 Å². The van der Waals surface area contributed by atoms with Crippen LogP contribution in [-0.4, -0.2) is 37.1 Å². The van der Waals surface area contributed by atoms with E-state index in [1.165, 1.54) is 20.8 Å². The average Bonchev–Trinajstić information content (AvgIpc) is 2.85. The van der Waals surface area contributed by atoms with E-state index in [4.69, 9.17) is 0 Å². The second-order valence-corrected chi connectivity index (χ2v) is 7.46. The number of rotatable bonds is 6. The zero-order chi connectivity index (χ0) is 26.9. The van der Waals surface area contributed by atoms with Gasteiger partial charge in [-0.25, -0.2) is 0 Å². The van der Waals surface area contributed by atoms with Gasteiger partial charge in [0, 0.05) is 0 Å². The van der Waals surface area contributed by atoms with E-state index < -0.39 is 0 Å². The van der Waals surface area contributed by atoms with Gasteiger partial charge in [-0.2, -0.15) is 0 Å². The Labute approximate surface area is 230 Å². The van der Waals surface area contributed by atoms with E-state index >= 15 is 0 Å². The molecule has 0 unspecified atom stereocenters. The number of carbonyl (C=O) groups excluding carboxylic acids is 3. The molecule has 0 N–H and O–H groups in total. The second-order valence-electron chi connectivity index (χ2n) is 7.46. The Hall–Kier alpha value is -4.07. The quantitative estimate of drug-likeness (QED) is 0.263. The molecule has 7 heteroatoms. The van der Waals surface area contributed by atoms with E-state index in [0.29, 0.717) is 16.7 Å².